The Morgan fingerprint density at radius 2 is 1.75 bits per heavy atom. The van der Waals surface area contributed by atoms with E-state index in [1.807, 2.05) is 0 Å². The second-order valence-electron chi connectivity index (χ2n) is 9.29. The summed E-state index contributed by atoms with van der Waals surface area (Å²) >= 11 is 0. The average molecular weight is 442 g/mol. The van der Waals surface area contributed by atoms with E-state index < -0.39 is 17.6 Å². The molecule has 2 aromatic rings. The van der Waals surface area contributed by atoms with Crippen molar-refractivity contribution in [3.05, 3.63) is 52.1 Å². The van der Waals surface area contributed by atoms with Gasteiger partial charge in [0.1, 0.15) is 5.82 Å². The Balaban J connectivity index is 1.78. The van der Waals surface area contributed by atoms with Crippen LogP contribution in [0.4, 0.5) is 10.1 Å². The fourth-order valence-corrected chi connectivity index (χ4v) is 4.61. The molecule has 0 bridgehead atoms. The molecule has 2 amide bonds. The van der Waals surface area contributed by atoms with Crippen LogP contribution in [0, 0.1) is 32.0 Å². The third-order valence-corrected chi connectivity index (χ3v) is 6.73. The number of hydrogen-bond acceptors (Lipinski definition) is 3. The molecule has 0 saturated heterocycles. The van der Waals surface area contributed by atoms with Gasteiger partial charge in [-0.25, -0.2) is 4.39 Å². The lowest BCUT2D eigenvalue weighted by molar-refractivity contribution is -0.117. The van der Waals surface area contributed by atoms with Gasteiger partial charge >= 0.3 is 0 Å². The van der Waals surface area contributed by atoms with E-state index >= 15 is 0 Å². The van der Waals surface area contributed by atoms with Crippen molar-refractivity contribution in [1.29, 1.82) is 0 Å². The lowest BCUT2D eigenvalue weighted by Gasteiger charge is -2.33. The summed E-state index contributed by atoms with van der Waals surface area (Å²) in [5, 5.41) is 5.58. The Kier molecular flexibility index (Phi) is 6.86. The van der Waals surface area contributed by atoms with Gasteiger partial charge in [0.05, 0.1) is 11.3 Å². The van der Waals surface area contributed by atoms with Gasteiger partial charge in [-0.1, -0.05) is 26.2 Å². The molecule has 1 aliphatic carbocycles. The summed E-state index contributed by atoms with van der Waals surface area (Å²) in [6, 6.07) is 4.33. The van der Waals surface area contributed by atoms with Crippen LogP contribution in [-0.2, 0) is 11.8 Å². The van der Waals surface area contributed by atoms with Gasteiger partial charge in [-0.15, -0.1) is 0 Å². The molecule has 1 aliphatic rings. The summed E-state index contributed by atoms with van der Waals surface area (Å²) in [6.45, 7) is 7.63. The second kappa shape index (κ2) is 9.27. The van der Waals surface area contributed by atoms with Crippen LogP contribution < -0.4 is 10.6 Å². The number of Topliss-reactive ketones (excluding diaryl/α,β-unsaturated/α-hetero) is 1. The van der Waals surface area contributed by atoms with Crippen molar-refractivity contribution in [2.45, 2.75) is 59.8 Å². The number of halogens is 1. The van der Waals surface area contributed by atoms with E-state index in [1.54, 1.807) is 38.5 Å². The van der Waals surface area contributed by atoms with Gasteiger partial charge in [0.25, 0.3) is 17.6 Å². The first-order chi connectivity index (χ1) is 15.0. The molecule has 6 nitrogen and oxygen atoms in total. The number of anilines is 1. The van der Waals surface area contributed by atoms with E-state index in [0.717, 1.165) is 25.7 Å². The van der Waals surface area contributed by atoms with E-state index in [0.29, 0.717) is 34.6 Å². The highest BCUT2D eigenvalue weighted by Crippen LogP contribution is 2.35. The summed E-state index contributed by atoms with van der Waals surface area (Å²) in [5.74, 6) is -2.06. The summed E-state index contributed by atoms with van der Waals surface area (Å²) in [6.07, 6.45) is 5.57. The molecule has 1 saturated carbocycles. The van der Waals surface area contributed by atoms with Crippen LogP contribution in [-0.4, -0.2) is 28.7 Å². The standard InChI is InChI=1S/C25H32FN3O3/c1-15-13-18(9-10-19(15)26)28-23(31)20-16(2)21(29(5)17(20)3)22(30)24(32)27-14-25(4)11-7-6-8-12-25/h9-10,13H,6-8,11-12,14H2,1-5H3,(H,27,32)(H,28,31). The SMILES string of the molecule is Cc1cc(NC(=O)c2c(C)c(C(=O)C(=O)NCC3(C)CCCCC3)n(C)c2C)ccc1F. The Morgan fingerprint density at radius 1 is 1.09 bits per heavy atom. The monoisotopic (exact) mass is 441 g/mol. The zero-order valence-corrected chi connectivity index (χ0v) is 19.5. The maximum Gasteiger partial charge on any atom is 0.294 e. The minimum Gasteiger partial charge on any atom is -0.349 e. The minimum atomic E-state index is -0.651. The highest BCUT2D eigenvalue weighted by molar-refractivity contribution is 6.43. The molecule has 0 atom stereocenters. The molecule has 2 N–H and O–H groups in total. The highest BCUT2D eigenvalue weighted by atomic mass is 19.1. The van der Waals surface area contributed by atoms with Crippen molar-refractivity contribution >= 4 is 23.3 Å². The number of nitrogens with zero attached hydrogens (tertiary/aromatic N) is 1. The second-order valence-corrected chi connectivity index (χ2v) is 9.29. The van der Waals surface area contributed by atoms with Crippen molar-refractivity contribution in [3.8, 4) is 0 Å². The van der Waals surface area contributed by atoms with Gasteiger partial charge in [-0.05, 0) is 68.4 Å². The first-order valence-electron chi connectivity index (χ1n) is 11.1. The molecule has 1 aromatic heterocycles. The molecule has 32 heavy (non-hydrogen) atoms. The third kappa shape index (κ3) is 4.76. The first kappa shape index (κ1) is 23.7. The number of ketones is 1. The van der Waals surface area contributed by atoms with E-state index in [-0.39, 0.29) is 16.9 Å². The Bertz CT molecular complexity index is 1060. The smallest absolute Gasteiger partial charge is 0.294 e. The maximum atomic E-state index is 13.5. The Morgan fingerprint density at radius 3 is 2.38 bits per heavy atom. The molecule has 0 aliphatic heterocycles. The maximum absolute atomic E-state index is 13.5. The molecule has 3 rings (SSSR count). The van der Waals surface area contributed by atoms with Crippen LogP contribution in [0.5, 0.6) is 0 Å². The first-order valence-corrected chi connectivity index (χ1v) is 11.1. The summed E-state index contributed by atoms with van der Waals surface area (Å²) in [4.78, 5) is 38.6. The lowest BCUT2D eigenvalue weighted by Crippen LogP contribution is -2.40. The lowest BCUT2D eigenvalue weighted by atomic mass is 9.76. The number of nitrogens with one attached hydrogen (secondary N) is 2. The predicted molar refractivity (Wildman–Crippen MR) is 123 cm³/mol. The van der Waals surface area contributed by atoms with Gasteiger partial charge in [0.15, 0.2) is 0 Å². The van der Waals surface area contributed by atoms with Crippen LogP contribution >= 0.6 is 0 Å². The number of aromatic nitrogens is 1. The van der Waals surface area contributed by atoms with E-state index in [9.17, 15) is 18.8 Å². The van der Waals surface area contributed by atoms with Crippen LogP contribution in [0.3, 0.4) is 0 Å². The predicted octanol–water partition coefficient (Wildman–Crippen LogP) is 4.61. The normalized spacial score (nSPS) is 15.3. The van der Waals surface area contributed by atoms with Gasteiger partial charge in [-0.3, -0.25) is 14.4 Å². The number of carbonyl (C=O) groups is 3. The van der Waals surface area contributed by atoms with Crippen molar-refractivity contribution in [2.75, 3.05) is 11.9 Å². The fourth-order valence-electron chi connectivity index (χ4n) is 4.61. The zero-order chi connectivity index (χ0) is 23.6. The quantitative estimate of drug-likeness (QED) is 0.507. The number of hydrogen-bond donors (Lipinski definition) is 2. The van der Waals surface area contributed by atoms with E-state index in [1.165, 1.54) is 18.6 Å². The van der Waals surface area contributed by atoms with E-state index in [2.05, 4.69) is 17.6 Å². The molecule has 1 heterocycles. The van der Waals surface area contributed by atoms with Crippen LogP contribution in [0.2, 0.25) is 0 Å². The van der Waals surface area contributed by atoms with Crippen LogP contribution in [0.25, 0.3) is 0 Å². The zero-order valence-electron chi connectivity index (χ0n) is 19.5. The van der Waals surface area contributed by atoms with Gasteiger partial charge in [-0.2, -0.15) is 0 Å². The molecular weight excluding hydrogens is 409 g/mol. The van der Waals surface area contributed by atoms with Crippen molar-refractivity contribution in [2.24, 2.45) is 12.5 Å². The molecule has 172 valence electrons. The number of benzene rings is 1. The molecule has 1 aromatic carbocycles. The summed E-state index contributed by atoms with van der Waals surface area (Å²) in [5.41, 5.74) is 2.47. The molecule has 1 fully saturated rings. The molecule has 0 spiro atoms. The Labute approximate surface area is 188 Å². The van der Waals surface area contributed by atoms with Crippen LogP contribution in [0.1, 0.15) is 76.7 Å². The van der Waals surface area contributed by atoms with Crippen molar-refractivity contribution in [1.82, 2.24) is 9.88 Å². The fraction of sp³-hybridized carbons (Fsp3) is 0.480. The van der Waals surface area contributed by atoms with Crippen LogP contribution in [0.15, 0.2) is 18.2 Å². The topological polar surface area (TPSA) is 80.2 Å². The van der Waals surface area contributed by atoms with E-state index in [4.69, 9.17) is 0 Å². The largest absolute Gasteiger partial charge is 0.349 e. The van der Waals surface area contributed by atoms with Gasteiger partial charge < -0.3 is 15.2 Å². The molecular formula is C25H32FN3O3. The molecule has 0 unspecified atom stereocenters. The molecule has 0 radical (unpaired) electrons. The van der Waals surface area contributed by atoms with Crippen molar-refractivity contribution in [3.63, 3.8) is 0 Å². The summed E-state index contributed by atoms with van der Waals surface area (Å²) in [7, 11) is 1.67. The summed E-state index contributed by atoms with van der Waals surface area (Å²) < 4.78 is 15.1. The van der Waals surface area contributed by atoms with Crippen molar-refractivity contribution < 1.29 is 18.8 Å². The number of rotatable bonds is 6. The molecule has 7 heteroatoms. The third-order valence-electron chi connectivity index (χ3n) is 6.73. The van der Waals surface area contributed by atoms with Gasteiger partial charge in [0.2, 0.25) is 0 Å². The number of aryl methyl sites for hydroxylation is 1. The number of amides is 2. The minimum absolute atomic E-state index is 0.0195. The average Bonchev–Trinajstić information content (AvgIpc) is 2.97. The highest BCUT2D eigenvalue weighted by Gasteiger charge is 2.31. The Hall–Kier alpha value is -2.96. The number of carbonyl (C=O) groups excluding carboxylic acids is 3. The van der Waals surface area contributed by atoms with Gasteiger partial charge in [0, 0.05) is 25.0 Å².